The van der Waals surface area contributed by atoms with E-state index in [0.29, 0.717) is 13.0 Å². The van der Waals surface area contributed by atoms with Gasteiger partial charge in [0.1, 0.15) is 0 Å². The fourth-order valence-corrected chi connectivity index (χ4v) is 3.43. The maximum atomic E-state index is 6.39. The Bertz CT molecular complexity index is 900. The highest BCUT2D eigenvalue weighted by Crippen LogP contribution is 2.29. The molecule has 5 heteroatoms. The van der Waals surface area contributed by atoms with E-state index in [1.54, 1.807) is 0 Å². The van der Waals surface area contributed by atoms with E-state index >= 15 is 0 Å². The molecule has 0 amide bonds. The molecule has 2 aromatic heterocycles. The number of nitrogens with two attached hydrogens (primary N) is 2. The third kappa shape index (κ3) is 4.10. The van der Waals surface area contributed by atoms with Gasteiger partial charge in [-0.1, -0.05) is 12.1 Å². The normalized spacial score (nSPS) is 12.3. The molecule has 5 nitrogen and oxygen atoms in total. The van der Waals surface area contributed by atoms with Gasteiger partial charge in [0.05, 0.1) is 16.9 Å². The van der Waals surface area contributed by atoms with Crippen molar-refractivity contribution in [2.75, 3.05) is 24.5 Å². The average Bonchev–Trinajstić information content (AvgIpc) is 2.69. The Labute approximate surface area is 161 Å². The summed E-state index contributed by atoms with van der Waals surface area (Å²) in [6.45, 7) is 8.88. The Morgan fingerprint density at radius 3 is 2.41 bits per heavy atom. The van der Waals surface area contributed by atoms with Crippen LogP contribution in [0.25, 0.3) is 22.2 Å². The van der Waals surface area contributed by atoms with Crippen LogP contribution in [-0.4, -0.2) is 29.6 Å². The van der Waals surface area contributed by atoms with Crippen molar-refractivity contribution in [3.63, 3.8) is 0 Å². The molecule has 3 aromatic rings. The van der Waals surface area contributed by atoms with Gasteiger partial charge in [-0.05, 0) is 63.6 Å². The number of aryl methyl sites for hydroxylation is 1. The van der Waals surface area contributed by atoms with Gasteiger partial charge in [0.15, 0.2) is 0 Å². The number of rotatable bonds is 7. The number of anilines is 1. The Balaban J connectivity index is 2.08. The highest BCUT2D eigenvalue weighted by molar-refractivity contribution is 5.85. The summed E-state index contributed by atoms with van der Waals surface area (Å²) in [4.78, 5) is 11.8. The molecule has 0 bridgehead atoms. The summed E-state index contributed by atoms with van der Waals surface area (Å²) in [6, 6.07) is 12.5. The smallest absolute Gasteiger partial charge is 0.0742 e. The summed E-state index contributed by atoms with van der Waals surface area (Å²) in [5.74, 6) is 0. The summed E-state index contributed by atoms with van der Waals surface area (Å²) in [6.07, 6.45) is 2.58. The first-order chi connectivity index (χ1) is 13.1. The summed E-state index contributed by atoms with van der Waals surface area (Å²) < 4.78 is 0. The van der Waals surface area contributed by atoms with E-state index < -0.39 is 0 Å². The van der Waals surface area contributed by atoms with Crippen LogP contribution in [0.15, 0.2) is 42.6 Å². The second kappa shape index (κ2) is 8.46. The monoisotopic (exact) mass is 363 g/mol. The van der Waals surface area contributed by atoms with Crippen LogP contribution in [0.2, 0.25) is 0 Å². The first-order valence-corrected chi connectivity index (χ1v) is 9.65. The maximum absolute atomic E-state index is 6.39. The number of nitrogens with zero attached hydrogens (tertiary/aromatic N) is 3. The predicted molar refractivity (Wildman–Crippen MR) is 114 cm³/mol. The minimum Gasteiger partial charge on any atom is -0.372 e. The van der Waals surface area contributed by atoms with Crippen LogP contribution in [0.3, 0.4) is 0 Å². The zero-order chi connectivity index (χ0) is 19.4. The van der Waals surface area contributed by atoms with Gasteiger partial charge in [-0.15, -0.1) is 0 Å². The molecule has 27 heavy (non-hydrogen) atoms. The second-order valence-electron chi connectivity index (χ2n) is 6.88. The Morgan fingerprint density at radius 1 is 1.07 bits per heavy atom. The fraction of sp³-hybridized carbons (Fsp3) is 0.364. The standard InChI is InChI=1S/C22H29N5/c1-4-27(5-2)17-8-6-16(7-9-17)20-13-21-18(12-15(3)14-25-21)22(26-20)19(24)10-11-23/h6-9,12-14,19H,4-5,10-11,23-24H2,1-3H3. The molecule has 0 spiro atoms. The Hall–Kier alpha value is -2.50. The largest absolute Gasteiger partial charge is 0.372 e. The Kier molecular flexibility index (Phi) is 6.04. The number of hydrogen-bond acceptors (Lipinski definition) is 5. The van der Waals surface area contributed by atoms with Crippen LogP contribution >= 0.6 is 0 Å². The lowest BCUT2D eigenvalue weighted by Gasteiger charge is -2.21. The van der Waals surface area contributed by atoms with Gasteiger partial charge in [-0.3, -0.25) is 9.97 Å². The molecule has 142 valence electrons. The molecule has 0 aliphatic rings. The summed E-state index contributed by atoms with van der Waals surface area (Å²) in [5.41, 5.74) is 18.2. The zero-order valence-electron chi connectivity index (χ0n) is 16.4. The van der Waals surface area contributed by atoms with Gasteiger partial charge in [0, 0.05) is 42.0 Å². The molecule has 0 aliphatic carbocycles. The molecular weight excluding hydrogens is 334 g/mol. The number of aromatic nitrogens is 2. The third-order valence-electron chi connectivity index (χ3n) is 4.97. The first-order valence-electron chi connectivity index (χ1n) is 9.65. The van der Waals surface area contributed by atoms with E-state index in [0.717, 1.165) is 46.5 Å². The maximum Gasteiger partial charge on any atom is 0.0742 e. The molecular formula is C22H29N5. The minimum absolute atomic E-state index is 0.198. The number of pyridine rings is 2. The predicted octanol–water partition coefficient (Wildman–Crippen LogP) is 3.80. The molecule has 4 N–H and O–H groups in total. The van der Waals surface area contributed by atoms with Gasteiger partial charge >= 0.3 is 0 Å². The van der Waals surface area contributed by atoms with Crippen molar-refractivity contribution in [3.8, 4) is 11.3 Å². The van der Waals surface area contributed by atoms with Gasteiger partial charge in [0.25, 0.3) is 0 Å². The van der Waals surface area contributed by atoms with Crippen molar-refractivity contribution in [3.05, 3.63) is 53.9 Å². The van der Waals surface area contributed by atoms with Crippen molar-refractivity contribution in [1.29, 1.82) is 0 Å². The number of fused-ring (bicyclic) bond motifs is 1. The van der Waals surface area contributed by atoms with Crippen molar-refractivity contribution in [2.45, 2.75) is 33.2 Å². The van der Waals surface area contributed by atoms with Crippen molar-refractivity contribution >= 4 is 16.6 Å². The highest BCUT2D eigenvalue weighted by atomic mass is 15.1. The van der Waals surface area contributed by atoms with Crippen LogP contribution in [-0.2, 0) is 0 Å². The molecule has 0 fully saturated rings. The van der Waals surface area contributed by atoms with Crippen molar-refractivity contribution in [1.82, 2.24) is 9.97 Å². The van der Waals surface area contributed by atoms with Crippen molar-refractivity contribution < 1.29 is 0 Å². The van der Waals surface area contributed by atoms with E-state index in [2.05, 4.69) is 54.1 Å². The molecule has 0 saturated heterocycles. The zero-order valence-corrected chi connectivity index (χ0v) is 16.4. The van der Waals surface area contributed by atoms with Crippen LogP contribution in [0.5, 0.6) is 0 Å². The molecule has 3 rings (SSSR count). The molecule has 0 saturated carbocycles. The summed E-state index contributed by atoms with van der Waals surface area (Å²) in [5, 5.41) is 1.01. The van der Waals surface area contributed by atoms with E-state index in [1.807, 2.05) is 19.2 Å². The molecule has 1 aromatic carbocycles. The molecule has 1 unspecified atom stereocenters. The molecule has 0 radical (unpaired) electrons. The Morgan fingerprint density at radius 2 is 1.78 bits per heavy atom. The van der Waals surface area contributed by atoms with E-state index in [-0.39, 0.29) is 6.04 Å². The van der Waals surface area contributed by atoms with Crippen LogP contribution in [0.4, 0.5) is 5.69 Å². The second-order valence-corrected chi connectivity index (χ2v) is 6.88. The fourth-order valence-electron chi connectivity index (χ4n) is 3.43. The van der Waals surface area contributed by atoms with E-state index in [1.165, 1.54) is 5.69 Å². The van der Waals surface area contributed by atoms with Crippen LogP contribution in [0, 0.1) is 6.92 Å². The van der Waals surface area contributed by atoms with Gasteiger partial charge in [-0.2, -0.15) is 0 Å². The molecule has 2 heterocycles. The third-order valence-corrected chi connectivity index (χ3v) is 4.97. The molecule has 0 aliphatic heterocycles. The highest BCUT2D eigenvalue weighted by Gasteiger charge is 2.15. The van der Waals surface area contributed by atoms with Crippen LogP contribution < -0.4 is 16.4 Å². The van der Waals surface area contributed by atoms with Gasteiger partial charge in [-0.25, -0.2) is 0 Å². The van der Waals surface area contributed by atoms with Crippen LogP contribution in [0.1, 0.15) is 37.6 Å². The lowest BCUT2D eigenvalue weighted by atomic mass is 10.0. The number of benzene rings is 1. The lowest BCUT2D eigenvalue weighted by molar-refractivity contribution is 0.649. The lowest BCUT2D eigenvalue weighted by Crippen LogP contribution is -2.21. The molecule has 1 atom stereocenters. The van der Waals surface area contributed by atoms with Crippen molar-refractivity contribution in [2.24, 2.45) is 11.5 Å². The van der Waals surface area contributed by atoms with Gasteiger partial charge in [0.2, 0.25) is 0 Å². The van der Waals surface area contributed by atoms with Gasteiger partial charge < -0.3 is 16.4 Å². The average molecular weight is 364 g/mol. The minimum atomic E-state index is -0.198. The quantitative estimate of drug-likeness (QED) is 0.667. The number of hydrogen-bond donors (Lipinski definition) is 2. The summed E-state index contributed by atoms with van der Waals surface area (Å²) in [7, 11) is 0. The summed E-state index contributed by atoms with van der Waals surface area (Å²) >= 11 is 0. The van der Waals surface area contributed by atoms with E-state index in [9.17, 15) is 0 Å². The SMILES string of the molecule is CCN(CC)c1ccc(-c2cc3ncc(C)cc3c(C(N)CCN)n2)cc1. The van der Waals surface area contributed by atoms with E-state index in [4.69, 9.17) is 16.5 Å². The first kappa shape index (κ1) is 19.3. The topological polar surface area (TPSA) is 81.1 Å².